The van der Waals surface area contributed by atoms with Crippen LogP contribution >= 0.6 is 0 Å². The second-order valence-electron chi connectivity index (χ2n) is 5.03. The minimum atomic E-state index is -0.290. The van der Waals surface area contributed by atoms with Crippen molar-refractivity contribution in [2.24, 2.45) is 0 Å². The number of hydrogen-bond donors (Lipinski definition) is 0. The molecule has 0 amide bonds. The molecule has 3 aromatic rings. The van der Waals surface area contributed by atoms with Gasteiger partial charge in [0.05, 0.1) is 11.6 Å². The van der Waals surface area contributed by atoms with E-state index in [4.69, 9.17) is 8.83 Å². The van der Waals surface area contributed by atoms with Crippen molar-refractivity contribution < 1.29 is 8.83 Å². The monoisotopic (exact) mass is 256 g/mol. The number of rotatable bonds is 2. The first-order chi connectivity index (χ1) is 9.11. The molecule has 1 aromatic carbocycles. The second kappa shape index (κ2) is 4.26. The van der Waals surface area contributed by atoms with E-state index in [1.165, 1.54) is 0 Å². The van der Waals surface area contributed by atoms with Gasteiger partial charge in [-0.25, -0.2) is 4.79 Å². The van der Waals surface area contributed by atoms with E-state index in [9.17, 15) is 4.79 Å². The molecule has 0 bridgehead atoms. The summed E-state index contributed by atoms with van der Waals surface area (Å²) < 4.78 is 11.0. The fraction of sp³-hybridized carbons (Fsp3) is 0.312. The molecular formula is C16H16O3. The van der Waals surface area contributed by atoms with Crippen molar-refractivity contribution in [2.75, 3.05) is 0 Å². The first-order valence-corrected chi connectivity index (χ1v) is 6.56. The third-order valence-corrected chi connectivity index (χ3v) is 3.53. The summed E-state index contributed by atoms with van der Waals surface area (Å²) in [7, 11) is 0. The van der Waals surface area contributed by atoms with E-state index in [0.29, 0.717) is 5.58 Å². The van der Waals surface area contributed by atoms with Crippen molar-refractivity contribution >= 4 is 21.9 Å². The normalized spacial score (nSPS) is 11.5. The molecule has 0 aliphatic heterocycles. The Morgan fingerprint density at radius 1 is 1.11 bits per heavy atom. The predicted octanol–water partition coefficient (Wildman–Crippen LogP) is 4.11. The van der Waals surface area contributed by atoms with E-state index in [1.54, 1.807) is 12.3 Å². The highest BCUT2D eigenvalue weighted by Gasteiger charge is 2.15. The zero-order valence-electron chi connectivity index (χ0n) is 11.4. The minimum Gasteiger partial charge on any atom is -0.464 e. The van der Waals surface area contributed by atoms with Gasteiger partial charge in [-0.2, -0.15) is 0 Å². The van der Waals surface area contributed by atoms with Crippen LogP contribution in [0.25, 0.3) is 21.9 Å². The molecular weight excluding hydrogens is 240 g/mol. The Bertz CT molecular complexity index is 821. The highest BCUT2D eigenvalue weighted by Crippen LogP contribution is 2.33. The summed E-state index contributed by atoms with van der Waals surface area (Å²) in [5.74, 6) is 0. The molecule has 0 N–H and O–H groups in total. The molecule has 98 valence electrons. The molecule has 0 spiro atoms. The zero-order valence-corrected chi connectivity index (χ0v) is 11.4. The van der Waals surface area contributed by atoms with Crippen LogP contribution in [0.4, 0.5) is 0 Å². The quantitative estimate of drug-likeness (QED) is 0.648. The van der Waals surface area contributed by atoms with Gasteiger partial charge in [-0.1, -0.05) is 13.3 Å². The van der Waals surface area contributed by atoms with Crippen LogP contribution in [0.3, 0.4) is 0 Å². The van der Waals surface area contributed by atoms with Gasteiger partial charge in [0, 0.05) is 11.5 Å². The summed E-state index contributed by atoms with van der Waals surface area (Å²) in [6, 6.07) is 3.65. The van der Waals surface area contributed by atoms with Crippen molar-refractivity contribution in [3.63, 3.8) is 0 Å². The molecule has 0 saturated heterocycles. The molecule has 0 fully saturated rings. The summed E-state index contributed by atoms with van der Waals surface area (Å²) in [6.45, 7) is 6.09. The molecule has 0 unspecified atom stereocenters. The highest BCUT2D eigenvalue weighted by atomic mass is 16.4. The molecule has 2 heterocycles. The number of fused-ring (bicyclic) bond motifs is 3. The lowest BCUT2D eigenvalue weighted by Crippen LogP contribution is -2.01. The van der Waals surface area contributed by atoms with Gasteiger partial charge in [0.25, 0.3) is 0 Å². The first kappa shape index (κ1) is 12.0. The summed E-state index contributed by atoms with van der Waals surface area (Å²) in [5.41, 5.74) is 4.30. The van der Waals surface area contributed by atoms with Crippen molar-refractivity contribution in [3.05, 3.63) is 45.5 Å². The van der Waals surface area contributed by atoms with Crippen LogP contribution in [0.15, 0.2) is 32.0 Å². The highest BCUT2D eigenvalue weighted by molar-refractivity contribution is 6.06. The van der Waals surface area contributed by atoms with E-state index in [0.717, 1.165) is 45.9 Å². The van der Waals surface area contributed by atoms with Gasteiger partial charge in [0.1, 0.15) is 11.2 Å². The fourth-order valence-electron chi connectivity index (χ4n) is 2.67. The van der Waals surface area contributed by atoms with Crippen molar-refractivity contribution in [3.8, 4) is 0 Å². The SMILES string of the molecule is CCCc1cc(=O)oc2c1cc(C)c1occ(C)c12. The third kappa shape index (κ3) is 1.77. The number of furan rings is 1. The Morgan fingerprint density at radius 3 is 2.63 bits per heavy atom. The van der Waals surface area contributed by atoms with Crippen LogP contribution in [-0.2, 0) is 6.42 Å². The lowest BCUT2D eigenvalue weighted by atomic mass is 10.0. The van der Waals surface area contributed by atoms with Crippen LogP contribution in [0, 0.1) is 13.8 Å². The van der Waals surface area contributed by atoms with Gasteiger partial charge in [0.15, 0.2) is 0 Å². The maximum atomic E-state index is 11.7. The topological polar surface area (TPSA) is 43.4 Å². The zero-order chi connectivity index (χ0) is 13.6. The van der Waals surface area contributed by atoms with E-state index in [2.05, 4.69) is 13.0 Å². The van der Waals surface area contributed by atoms with Gasteiger partial charge < -0.3 is 8.83 Å². The van der Waals surface area contributed by atoms with Gasteiger partial charge in [-0.3, -0.25) is 0 Å². The van der Waals surface area contributed by atoms with Gasteiger partial charge >= 0.3 is 5.63 Å². The Labute approximate surface area is 110 Å². The maximum Gasteiger partial charge on any atom is 0.336 e. The standard InChI is InChI=1S/C16H16O3/c1-4-5-11-7-13(17)19-16-12(11)6-9(2)15-14(16)10(3)8-18-15/h6-8H,4-5H2,1-3H3. The van der Waals surface area contributed by atoms with Crippen LogP contribution in [-0.4, -0.2) is 0 Å². The summed E-state index contributed by atoms with van der Waals surface area (Å²) in [4.78, 5) is 11.7. The van der Waals surface area contributed by atoms with E-state index < -0.39 is 0 Å². The van der Waals surface area contributed by atoms with Crippen molar-refractivity contribution in [2.45, 2.75) is 33.6 Å². The summed E-state index contributed by atoms with van der Waals surface area (Å²) >= 11 is 0. The van der Waals surface area contributed by atoms with Crippen LogP contribution in [0.5, 0.6) is 0 Å². The predicted molar refractivity (Wildman–Crippen MR) is 75.7 cm³/mol. The van der Waals surface area contributed by atoms with Gasteiger partial charge in [-0.05, 0) is 43.0 Å². The number of hydrogen-bond acceptors (Lipinski definition) is 3. The van der Waals surface area contributed by atoms with Crippen LogP contribution in [0.2, 0.25) is 0 Å². The Hall–Kier alpha value is -2.03. The third-order valence-electron chi connectivity index (χ3n) is 3.53. The molecule has 0 radical (unpaired) electrons. The maximum absolute atomic E-state index is 11.7. The lowest BCUT2D eigenvalue weighted by Gasteiger charge is -2.06. The summed E-state index contributed by atoms with van der Waals surface area (Å²) in [6.07, 6.45) is 3.59. The fourth-order valence-corrected chi connectivity index (χ4v) is 2.67. The van der Waals surface area contributed by atoms with E-state index in [-0.39, 0.29) is 5.63 Å². The Kier molecular flexibility index (Phi) is 2.70. The molecule has 3 rings (SSSR count). The molecule has 0 saturated carbocycles. The molecule has 19 heavy (non-hydrogen) atoms. The minimum absolute atomic E-state index is 0.290. The average Bonchev–Trinajstić information content (AvgIpc) is 2.75. The van der Waals surface area contributed by atoms with Crippen molar-refractivity contribution in [1.29, 1.82) is 0 Å². The largest absolute Gasteiger partial charge is 0.464 e. The molecule has 2 aromatic heterocycles. The molecule has 0 aliphatic rings. The summed E-state index contributed by atoms with van der Waals surface area (Å²) in [5, 5.41) is 1.95. The van der Waals surface area contributed by atoms with Crippen LogP contribution in [0.1, 0.15) is 30.0 Å². The smallest absolute Gasteiger partial charge is 0.336 e. The number of aryl methyl sites for hydroxylation is 3. The Balaban J connectivity index is 2.55. The Morgan fingerprint density at radius 2 is 1.89 bits per heavy atom. The first-order valence-electron chi connectivity index (χ1n) is 6.56. The molecule has 0 atom stereocenters. The lowest BCUT2D eigenvalue weighted by molar-refractivity contribution is 0.561. The molecule has 3 nitrogen and oxygen atoms in total. The van der Waals surface area contributed by atoms with Crippen molar-refractivity contribution in [1.82, 2.24) is 0 Å². The average molecular weight is 256 g/mol. The molecule has 3 heteroatoms. The van der Waals surface area contributed by atoms with E-state index >= 15 is 0 Å². The van der Waals surface area contributed by atoms with Gasteiger partial charge in [-0.15, -0.1) is 0 Å². The van der Waals surface area contributed by atoms with E-state index in [1.807, 2.05) is 13.8 Å². The molecule has 0 aliphatic carbocycles. The number of benzene rings is 1. The van der Waals surface area contributed by atoms with Crippen LogP contribution < -0.4 is 5.63 Å². The second-order valence-corrected chi connectivity index (χ2v) is 5.03. The van der Waals surface area contributed by atoms with Gasteiger partial charge in [0.2, 0.25) is 0 Å².